The molecule has 3 aromatic carbocycles. The number of hydrogen-bond donors (Lipinski definition) is 1. The van der Waals surface area contributed by atoms with Gasteiger partial charge in [0.1, 0.15) is 17.1 Å². The minimum absolute atomic E-state index is 0.0579. The highest BCUT2D eigenvalue weighted by Crippen LogP contribution is 2.38. The molecule has 36 heavy (non-hydrogen) atoms. The van der Waals surface area contributed by atoms with E-state index >= 15 is 0 Å². The van der Waals surface area contributed by atoms with Crippen molar-refractivity contribution in [2.75, 3.05) is 11.9 Å². The fourth-order valence-electron chi connectivity index (χ4n) is 3.48. The molecule has 4 aromatic rings. The second-order valence-electron chi connectivity index (χ2n) is 8.00. The van der Waals surface area contributed by atoms with Crippen LogP contribution in [-0.2, 0) is 17.4 Å². The fourth-order valence-corrected chi connectivity index (χ4v) is 3.48. The van der Waals surface area contributed by atoms with E-state index in [4.69, 9.17) is 13.9 Å². The van der Waals surface area contributed by atoms with Crippen LogP contribution in [0.5, 0.6) is 17.2 Å². The van der Waals surface area contributed by atoms with Crippen LogP contribution in [0.15, 0.2) is 75.9 Å². The first kappa shape index (κ1) is 24.8. The van der Waals surface area contributed by atoms with Crippen molar-refractivity contribution in [1.29, 1.82) is 0 Å². The highest BCUT2D eigenvalue weighted by atomic mass is 19.4. The predicted octanol–water partition coefficient (Wildman–Crippen LogP) is 6.49. The molecule has 0 unspecified atom stereocenters. The summed E-state index contributed by atoms with van der Waals surface area (Å²) in [6.07, 6.45) is -4.25. The van der Waals surface area contributed by atoms with Crippen LogP contribution in [0.2, 0.25) is 0 Å². The number of aryl methyl sites for hydroxylation is 2. The molecule has 9 heteroatoms. The van der Waals surface area contributed by atoms with Gasteiger partial charge in [0.05, 0.1) is 5.39 Å². The van der Waals surface area contributed by atoms with Crippen LogP contribution in [0, 0.1) is 6.92 Å². The van der Waals surface area contributed by atoms with Gasteiger partial charge in [-0.25, -0.2) is 0 Å². The van der Waals surface area contributed by atoms with Crippen LogP contribution in [0.25, 0.3) is 11.0 Å². The van der Waals surface area contributed by atoms with Gasteiger partial charge in [-0.05, 0) is 54.8 Å². The molecule has 4 rings (SSSR count). The molecule has 0 saturated heterocycles. The Morgan fingerprint density at radius 3 is 2.36 bits per heavy atom. The SMILES string of the molecule is CCc1ccc(Oc2c(C(F)(F)F)oc3cc(OCC(=O)Nc4ccccc4C)ccc3c2=O)cc1. The third kappa shape index (κ3) is 5.51. The van der Waals surface area contributed by atoms with Crippen molar-refractivity contribution in [2.45, 2.75) is 26.4 Å². The number of nitrogens with one attached hydrogen (secondary N) is 1. The minimum atomic E-state index is -4.99. The first-order valence-corrected chi connectivity index (χ1v) is 11.1. The van der Waals surface area contributed by atoms with Gasteiger partial charge in [-0.2, -0.15) is 13.2 Å². The lowest BCUT2D eigenvalue weighted by Crippen LogP contribution is -2.20. The number of alkyl halides is 3. The van der Waals surface area contributed by atoms with Gasteiger partial charge < -0.3 is 19.2 Å². The Balaban J connectivity index is 1.60. The Labute approximate surface area is 204 Å². The molecule has 0 spiro atoms. The molecular formula is C27H22F3NO5. The number of anilines is 1. The number of carbonyl (C=O) groups excluding carboxylic acids is 1. The smallest absolute Gasteiger partial charge is 0.453 e. The number of ether oxygens (including phenoxy) is 2. The van der Waals surface area contributed by atoms with E-state index in [0.29, 0.717) is 5.69 Å². The lowest BCUT2D eigenvalue weighted by molar-refractivity contribution is -0.154. The van der Waals surface area contributed by atoms with E-state index in [1.807, 2.05) is 26.0 Å². The molecule has 1 heterocycles. The quantitative estimate of drug-likeness (QED) is 0.316. The molecule has 0 saturated carbocycles. The van der Waals surface area contributed by atoms with Gasteiger partial charge in [-0.3, -0.25) is 9.59 Å². The van der Waals surface area contributed by atoms with Crippen molar-refractivity contribution in [2.24, 2.45) is 0 Å². The zero-order chi connectivity index (χ0) is 25.9. The van der Waals surface area contributed by atoms with Crippen LogP contribution in [-0.4, -0.2) is 12.5 Å². The summed E-state index contributed by atoms with van der Waals surface area (Å²) >= 11 is 0. The van der Waals surface area contributed by atoms with E-state index in [0.717, 1.165) is 23.6 Å². The summed E-state index contributed by atoms with van der Waals surface area (Å²) in [4.78, 5) is 25.2. The molecule has 6 nitrogen and oxygen atoms in total. The Morgan fingerprint density at radius 1 is 1.00 bits per heavy atom. The average molecular weight is 497 g/mol. The van der Waals surface area contributed by atoms with Gasteiger partial charge in [-0.1, -0.05) is 37.3 Å². The predicted molar refractivity (Wildman–Crippen MR) is 129 cm³/mol. The fraction of sp³-hybridized carbons (Fsp3) is 0.185. The molecule has 186 valence electrons. The summed E-state index contributed by atoms with van der Waals surface area (Å²) < 4.78 is 57.2. The minimum Gasteiger partial charge on any atom is -0.484 e. The van der Waals surface area contributed by atoms with Crippen LogP contribution in [0.1, 0.15) is 23.8 Å². The van der Waals surface area contributed by atoms with Gasteiger partial charge in [-0.15, -0.1) is 0 Å². The molecule has 0 radical (unpaired) electrons. The van der Waals surface area contributed by atoms with Gasteiger partial charge >= 0.3 is 6.18 Å². The Kier molecular flexibility index (Phi) is 7.00. The summed E-state index contributed by atoms with van der Waals surface area (Å²) in [5.41, 5.74) is 1.11. The molecule has 0 bridgehead atoms. The number of benzene rings is 3. The summed E-state index contributed by atoms with van der Waals surface area (Å²) in [5.74, 6) is -2.84. The number of para-hydroxylation sites is 1. The van der Waals surface area contributed by atoms with Gasteiger partial charge in [0.25, 0.3) is 11.7 Å². The van der Waals surface area contributed by atoms with Crippen LogP contribution in [0.4, 0.5) is 18.9 Å². The van der Waals surface area contributed by atoms with E-state index in [1.165, 1.54) is 24.3 Å². The van der Waals surface area contributed by atoms with E-state index < -0.39 is 35.6 Å². The largest absolute Gasteiger partial charge is 0.484 e. The van der Waals surface area contributed by atoms with Crippen molar-refractivity contribution in [3.05, 3.63) is 93.8 Å². The van der Waals surface area contributed by atoms with Gasteiger partial charge in [0.2, 0.25) is 11.2 Å². The van der Waals surface area contributed by atoms with Crippen LogP contribution >= 0.6 is 0 Å². The van der Waals surface area contributed by atoms with Crippen molar-refractivity contribution in [1.82, 2.24) is 0 Å². The number of amides is 1. The third-order valence-corrected chi connectivity index (χ3v) is 5.42. The molecule has 0 atom stereocenters. The van der Waals surface area contributed by atoms with Crippen molar-refractivity contribution >= 4 is 22.6 Å². The highest BCUT2D eigenvalue weighted by molar-refractivity contribution is 5.92. The summed E-state index contributed by atoms with van der Waals surface area (Å²) in [7, 11) is 0. The van der Waals surface area contributed by atoms with Crippen LogP contribution in [0.3, 0.4) is 0 Å². The molecule has 1 aromatic heterocycles. The number of rotatable bonds is 7. The summed E-state index contributed by atoms with van der Waals surface area (Å²) in [6, 6.07) is 17.3. The average Bonchev–Trinajstić information content (AvgIpc) is 2.85. The second kappa shape index (κ2) is 10.2. The maximum atomic E-state index is 13.8. The summed E-state index contributed by atoms with van der Waals surface area (Å²) in [6.45, 7) is 3.37. The lowest BCUT2D eigenvalue weighted by Gasteiger charge is -2.14. The zero-order valence-electron chi connectivity index (χ0n) is 19.4. The van der Waals surface area contributed by atoms with Crippen molar-refractivity contribution in [3.63, 3.8) is 0 Å². The molecule has 0 fully saturated rings. The van der Waals surface area contributed by atoms with E-state index in [2.05, 4.69) is 5.32 Å². The molecular weight excluding hydrogens is 475 g/mol. The van der Waals surface area contributed by atoms with Crippen LogP contribution < -0.4 is 20.2 Å². The third-order valence-electron chi connectivity index (χ3n) is 5.42. The van der Waals surface area contributed by atoms with Crippen molar-refractivity contribution in [3.8, 4) is 17.2 Å². The molecule has 0 aliphatic heterocycles. The maximum absolute atomic E-state index is 13.8. The van der Waals surface area contributed by atoms with E-state index in [-0.39, 0.29) is 22.5 Å². The topological polar surface area (TPSA) is 77.8 Å². The number of hydrogen-bond acceptors (Lipinski definition) is 5. The number of carbonyl (C=O) groups is 1. The Bertz CT molecular complexity index is 1460. The molecule has 1 amide bonds. The second-order valence-corrected chi connectivity index (χ2v) is 8.00. The van der Waals surface area contributed by atoms with E-state index in [9.17, 15) is 22.8 Å². The zero-order valence-corrected chi connectivity index (χ0v) is 19.4. The number of halogens is 3. The first-order chi connectivity index (χ1) is 17.2. The lowest BCUT2D eigenvalue weighted by atomic mass is 10.1. The molecule has 0 aliphatic carbocycles. The van der Waals surface area contributed by atoms with Gasteiger partial charge in [0, 0.05) is 11.8 Å². The molecule has 1 N–H and O–H groups in total. The van der Waals surface area contributed by atoms with E-state index in [1.54, 1.807) is 24.3 Å². The molecule has 0 aliphatic rings. The number of fused-ring (bicyclic) bond motifs is 1. The first-order valence-electron chi connectivity index (χ1n) is 11.1. The maximum Gasteiger partial charge on any atom is 0.453 e. The standard InChI is InChI=1S/C27H22F3NO5/c1-3-17-8-10-18(11-9-17)35-25-24(33)20-13-12-19(14-22(20)36-26(25)27(28,29)30)34-15-23(32)31-21-7-5-4-6-16(21)2/h4-14H,3,15H2,1-2H3,(H,31,32). The normalized spacial score (nSPS) is 11.4. The van der Waals surface area contributed by atoms with Crippen molar-refractivity contribution < 1.29 is 31.9 Å². The Morgan fingerprint density at radius 2 is 1.69 bits per heavy atom. The monoisotopic (exact) mass is 497 g/mol. The Hall–Kier alpha value is -4.27. The highest BCUT2D eigenvalue weighted by Gasteiger charge is 2.40. The van der Waals surface area contributed by atoms with Gasteiger partial charge in [0.15, 0.2) is 6.61 Å². The summed E-state index contributed by atoms with van der Waals surface area (Å²) in [5, 5.41) is 2.57.